The molecule has 1 atom stereocenters. The van der Waals surface area contributed by atoms with Crippen LogP contribution in [0.25, 0.3) is 0 Å². The fourth-order valence-electron chi connectivity index (χ4n) is 1.75. The van der Waals surface area contributed by atoms with Crippen LogP contribution in [0.15, 0.2) is 24.3 Å². The molecule has 4 nitrogen and oxygen atoms in total. The van der Waals surface area contributed by atoms with Gasteiger partial charge in [-0.2, -0.15) is 0 Å². The number of halogens is 4. The van der Waals surface area contributed by atoms with Gasteiger partial charge in [0, 0.05) is 6.42 Å². The van der Waals surface area contributed by atoms with Crippen molar-refractivity contribution in [2.45, 2.75) is 37.2 Å². The molecule has 0 aliphatic rings. The van der Waals surface area contributed by atoms with E-state index in [1.165, 1.54) is 0 Å². The fourth-order valence-corrected chi connectivity index (χ4v) is 2.48. The van der Waals surface area contributed by atoms with Crippen LogP contribution in [0.1, 0.15) is 27.2 Å². The number of carbonyl (C=O) groups is 1. The van der Waals surface area contributed by atoms with Crippen molar-refractivity contribution < 1.29 is 4.79 Å². The van der Waals surface area contributed by atoms with Gasteiger partial charge in [-0.1, -0.05) is 79.3 Å². The van der Waals surface area contributed by atoms with Crippen LogP contribution in [-0.4, -0.2) is 21.0 Å². The lowest BCUT2D eigenvalue weighted by atomic mass is 9.92. The molecule has 0 bridgehead atoms. The van der Waals surface area contributed by atoms with Gasteiger partial charge in [-0.3, -0.25) is 4.79 Å². The third-order valence-electron chi connectivity index (χ3n) is 2.72. The van der Waals surface area contributed by atoms with Gasteiger partial charge in [-0.05, 0) is 29.8 Å². The van der Waals surface area contributed by atoms with Gasteiger partial charge >= 0.3 is 0 Å². The number of thiocarbonyl (C=S) groups is 1. The van der Waals surface area contributed by atoms with Crippen molar-refractivity contribution in [3.05, 3.63) is 29.3 Å². The normalized spacial score (nSPS) is 13.1. The van der Waals surface area contributed by atoms with Crippen LogP contribution < -0.4 is 16.0 Å². The van der Waals surface area contributed by atoms with E-state index in [0.29, 0.717) is 10.7 Å². The van der Waals surface area contributed by atoms with E-state index in [4.69, 9.17) is 58.6 Å². The number of benzene rings is 1. The third-order valence-corrected chi connectivity index (χ3v) is 3.93. The van der Waals surface area contributed by atoms with Gasteiger partial charge in [-0.15, -0.1) is 0 Å². The molecule has 0 aromatic heterocycles. The first kappa shape index (κ1) is 21.6. The Morgan fingerprint density at radius 2 is 1.75 bits per heavy atom. The molecule has 0 radical (unpaired) electrons. The van der Waals surface area contributed by atoms with Crippen molar-refractivity contribution in [2.75, 3.05) is 5.32 Å². The monoisotopic (exact) mass is 429 g/mol. The van der Waals surface area contributed by atoms with Gasteiger partial charge in [0.2, 0.25) is 9.70 Å². The van der Waals surface area contributed by atoms with Crippen molar-refractivity contribution >= 4 is 75.3 Å². The minimum atomic E-state index is -1.79. The molecule has 0 heterocycles. The molecule has 24 heavy (non-hydrogen) atoms. The summed E-state index contributed by atoms with van der Waals surface area (Å²) in [6, 6.07) is 7.05. The molecule has 0 saturated heterocycles. The zero-order valence-electron chi connectivity index (χ0n) is 13.4. The summed E-state index contributed by atoms with van der Waals surface area (Å²) in [4.78, 5) is 12.1. The molecule has 1 aromatic carbocycles. The van der Waals surface area contributed by atoms with E-state index in [0.717, 1.165) is 0 Å². The number of rotatable bonds is 4. The Labute approximate surface area is 167 Å². The molecule has 0 saturated carbocycles. The minimum absolute atomic E-state index is 0.162. The number of amides is 1. The van der Waals surface area contributed by atoms with Crippen LogP contribution in [0.4, 0.5) is 5.69 Å². The second-order valence-corrected chi connectivity index (χ2v) is 9.54. The average Bonchev–Trinajstić information content (AvgIpc) is 2.37. The summed E-state index contributed by atoms with van der Waals surface area (Å²) >= 11 is 29.0. The SMILES string of the molecule is CC(C)(C)CC(=O)N[C@H](NC(=S)Nc1ccccc1Cl)C(Cl)(Cl)Cl. The first-order chi connectivity index (χ1) is 10.9. The molecule has 0 aliphatic carbocycles. The summed E-state index contributed by atoms with van der Waals surface area (Å²) in [5.74, 6) is -0.258. The zero-order chi connectivity index (χ0) is 18.5. The van der Waals surface area contributed by atoms with Crippen molar-refractivity contribution in [1.29, 1.82) is 0 Å². The molecule has 1 aromatic rings. The molecule has 0 unspecified atom stereocenters. The Bertz CT molecular complexity index is 599. The Balaban J connectivity index is 2.74. The number of carbonyl (C=O) groups excluding carboxylic acids is 1. The number of anilines is 1. The summed E-state index contributed by atoms with van der Waals surface area (Å²) in [6.45, 7) is 5.82. The largest absolute Gasteiger partial charge is 0.339 e. The van der Waals surface area contributed by atoms with Crippen molar-refractivity contribution in [3.63, 3.8) is 0 Å². The highest BCUT2D eigenvalue weighted by molar-refractivity contribution is 7.80. The zero-order valence-corrected chi connectivity index (χ0v) is 17.3. The van der Waals surface area contributed by atoms with E-state index in [1.807, 2.05) is 20.8 Å². The second kappa shape index (κ2) is 8.77. The van der Waals surface area contributed by atoms with Gasteiger partial charge < -0.3 is 16.0 Å². The standard InChI is InChI=1S/C15H19Cl4N3OS/c1-14(2,3)8-11(23)21-12(15(17,18)19)22-13(24)20-10-7-5-4-6-9(10)16/h4-7,12H,8H2,1-3H3,(H,21,23)(H2,20,22,24)/t12-/m1/s1. The lowest BCUT2D eigenvalue weighted by Crippen LogP contribution is -2.56. The van der Waals surface area contributed by atoms with Crippen LogP contribution in [-0.2, 0) is 4.79 Å². The smallest absolute Gasteiger partial charge is 0.228 e. The predicted molar refractivity (Wildman–Crippen MR) is 107 cm³/mol. The van der Waals surface area contributed by atoms with Crippen molar-refractivity contribution in [3.8, 4) is 0 Å². The number of alkyl halides is 3. The quantitative estimate of drug-likeness (QED) is 0.362. The number of para-hydroxylation sites is 1. The number of hydrogen-bond acceptors (Lipinski definition) is 2. The maximum Gasteiger partial charge on any atom is 0.228 e. The first-order valence-corrected chi connectivity index (χ1v) is 8.98. The lowest BCUT2D eigenvalue weighted by molar-refractivity contribution is -0.123. The highest BCUT2D eigenvalue weighted by atomic mass is 35.6. The average molecular weight is 431 g/mol. The molecule has 0 spiro atoms. The topological polar surface area (TPSA) is 53.2 Å². The summed E-state index contributed by atoms with van der Waals surface area (Å²) < 4.78 is -1.79. The molecule has 1 rings (SSSR count). The summed E-state index contributed by atoms with van der Waals surface area (Å²) in [6.07, 6.45) is -0.726. The minimum Gasteiger partial charge on any atom is -0.339 e. The van der Waals surface area contributed by atoms with E-state index in [2.05, 4.69) is 16.0 Å². The van der Waals surface area contributed by atoms with E-state index >= 15 is 0 Å². The van der Waals surface area contributed by atoms with Crippen molar-refractivity contribution in [2.24, 2.45) is 5.41 Å². The van der Waals surface area contributed by atoms with E-state index < -0.39 is 9.96 Å². The van der Waals surface area contributed by atoms with Gasteiger partial charge in [-0.25, -0.2) is 0 Å². The first-order valence-electron chi connectivity index (χ1n) is 7.06. The van der Waals surface area contributed by atoms with Crippen LogP contribution in [0, 0.1) is 5.41 Å². The Morgan fingerprint density at radius 1 is 1.17 bits per heavy atom. The van der Waals surface area contributed by atoms with E-state index in [9.17, 15) is 4.79 Å². The molecule has 134 valence electrons. The lowest BCUT2D eigenvalue weighted by Gasteiger charge is -2.29. The highest BCUT2D eigenvalue weighted by Gasteiger charge is 2.35. The molecular formula is C15H19Cl4N3OS. The van der Waals surface area contributed by atoms with Crippen molar-refractivity contribution in [1.82, 2.24) is 10.6 Å². The predicted octanol–water partition coefficient (Wildman–Crippen LogP) is 4.88. The molecular weight excluding hydrogens is 412 g/mol. The Hall–Kier alpha value is -0.460. The van der Waals surface area contributed by atoms with Crippen LogP contribution >= 0.6 is 58.6 Å². The van der Waals surface area contributed by atoms with Gasteiger partial charge in [0.05, 0.1) is 10.7 Å². The van der Waals surface area contributed by atoms with Crippen LogP contribution in [0.2, 0.25) is 5.02 Å². The Kier molecular flexibility index (Phi) is 7.88. The number of hydrogen-bond donors (Lipinski definition) is 3. The second-order valence-electron chi connectivity index (χ2n) is 6.36. The van der Waals surface area contributed by atoms with Gasteiger partial charge in [0.25, 0.3) is 0 Å². The molecule has 9 heteroatoms. The van der Waals surface area contributed by atoms with Crippen LogP contribution in [0.3, 0.4) is 0 Å². The Morgan fingerprint density at radius 3 is 2.25 bits per heavy atom. The van der Waals surface area contributed by atoms with E-state index in [-0.39, 0.29) is 22.9 Å². The molecule has 3 N–H and O–H groups in total. The van der Waals surface area contributed by atoms with Gasteiger partial charge in [0.15, 0.2) is 5.11 Å². The summed E-state index contributed by atoms with van der Waals surface area (Å²) in [7, 11) is 0. The fraction of sp³-hybridized carbons (Fsp3) is 0.467. The molecule has 0 aliphatic heterocycles. The summed E-state index contributed by atoms with van der Waals surface area (Å²) in [5.41, 5.74) is 0.402. The highest BCUT2D eigenvalue weighted by Crippen LogP contribution is 2.30. The summed E-state index contributed by atoms with van der Waals surface area (Å²) in [5, 5.41) is 8.97. The maximum absolute atomic E-state index is 12.1. The maximum atomic E-state index is 12.1. The third kappa shape index (κ3) is 8.08. The molecule has 1 amide bonds. The van der Waals surface area contributed by atoms with Crippen LogP contribution in [0.5, 0.6) is 0 Å². The van der Waals surface area contributed by atoms with E-state index in [1.54, 1.807) is 24.3 Å². The molecule has 0 fully saturated rings. The van der Waals surface area contributed by atoms with Gasteiger partial charge in [0.1, 0.15) is 6.17 Å². The number of nitrogens with one attached hydrogen (secondary N) is 3.